The van der Waals surface area contributed by atoms with E-state index in [1.165, 1.54) is 0 Å². The van der Waals surface area contributed by atoms with Gasteiger partial charge in [0.25, 0.3) is 0 Å². The lowest BCUT2D eigenvalue weighted by atomic mass is 10.1. The third-order valence-electron chi connectivity index (χ3n) is 4.25. The minimum Gasteiger partial charge on any atom is -0.361 e. The number of hydrogen-bond donors (Lipinski definition) is 3. The van der Waals surface area contributed by atoms with Crippen LogP contribution in [0.15, 0.2) is 72.0 Å². The SMILES string of the molecule is N#Cc1ccc2[nH]cc(/C=N/NC(=S)Nc3cccc4ccccc34)c2c1. The molecule has 0 aliphatic rings. The maximum atomic E-state index is 9.06. The quantitative estimate of drug-likeness (QED) is 0.282. The molecule has 0 radical (unpaired) electrons. The maximum Gasteiger partial charge on any atom is 0.191 e. The lowest BCUT2D eigenvalue weighted by Crippen LogP contribution is -2.23. The predicted octanol–water partition coefficient (Wildman–Crippen LogP) is 4.51. The number of hydrogen-bond acceptors (Lipinski definition) is 3. The van der Waals surface area contributed by atoms with Crippen molar-refractivity contribution in [1.29, 1.82) is 5.26 Å². The molecule has 1 aromatic heterocycles. The highest BCUT2D eigenvalue weighted by Crippen LogP contribution is 2.22. The molecule has 5 nitrogen and oxygen atoms in total. The van der Waals surface area contributed by atoms with Gasteiger partial charge in [-0.05, 0) is 41.9 Å². The Morgan fingerprint density at radius 3 is 2.81 bits per heavy atom. The average Bonchev–Trinajstić information content (AvgIpc) is 3.10. The summed E-state index contributed by atoms with van der Waals surface area (Å²) in [5.74, 6) is 0. The van der Waals surface area contributed by atoms with Crippen LogP contribution in [0.3, 0.4) is 0 Å². The lowest BCUT2D eigenvalue weighted by molar-refractivity contribution is 1.05. The summed E-state index contributed by atoms with van der Waals surface area (Å²) >= 11 is 5.34. The Bertz CT molecular complexity index is 1210. The van der Waals surface area contributed by atoms with E-state index in [0.717, 1.165) is 32.9 Å². The van der Waals surface area contributed by atoms with Crippen LogP contribution in [0.4, 0.5) is 5.69 Å². The van der Waals surface area contributed by atoms with Gasteiger partial charge in [0.05, 0.1) is 17.8 Å². The van der Waals surface area contributed by atoms with Gasteiger partial charge in [0.1, 0.15) is 0 Å². The van der Waals surface area contributed by atoms with Gasteiger partial charge in [-0.1, -0.05) is 36.4 Å². The van der Waals surface area contributed by atoms with Crippen LogP contribution in [0, 0.1) is 11.3 Å². The van der Waals surface area contributed by atoms with Crippen molar-refractivity contribution >= 4 is 50.9 Å². The number of aromatic amines is 1. The molecule has 130 valence electrons. The number of nitriles is 1. The van der Waals surface area contributed by atoms with E-state index in [-0.39, 0.29) is 0 Å². The Morgan fingerprint density at radius 2 is 1.93 bits per heavy atom. The molecule has 4 aromatic rings. The van der Waals surface area contributed by atoms with Crippen molar-refractivity contribution in [2.75, 3.05) is 5.32 Å². The number of nitrogens with zero attached hydrogens (tertiary/aromatic N) is 2. The van der Waals surface area contributed by atoms with Crippen LogP contribution in [-0.4, -0.2) is 16.3 Å². The van der Waals surface area contributed by atoms with E-state index >= 15 is 0 Å². The van der Waals surface area contributed by atoms with Gasteiger partial charge < -0.3 is 10.3 Å². The van der Waals surface area contributed by atoms with E-state index in [1.807, 2.05) is 48.7 Å². The Morgan fingerprint density at radius 1 is 1.07 bits per heavy atom. The first-order chi connectivity index (χ1) is 13.2. The molecule has 6 heteroatoms. The number of aromatic nitrogens is 1. The van der Waals surface area contributed by atoms with Gasteiger partial charge >= 0.3 is 0 Å². The van der Waals surface area contributed by atoms with Crippen molar-refractivity contribution in [3.63, 3.8) is 0 Å². The number of H-pyrrole nitrogens is 1. The summed E-state index contributed by atoms with van der Waals surface area (Å²) in [6.45, 7) is 0. The minimum atomic E-state index is 0.403. The van der Waals surface area contributed by atoms with Crippen molar-refractivity contribution in [1.82, 2.24) is 10.4 Å². The van der Waals surface area contributed by atoms with Crippen molar-refractivity contribution in [3.8, 4) is 6.07 Å². The van der Waals surface area contributed by atoms with Gasteiger partial charge in [0, 0.05) is 33.7 Å². The molecule has 3 N–H and O–H groups in total. The second kappa shape index (κ2) is 7.28. The fourth-order valence-corrected chi connectivity index (χ4v) is 3.13. The molecule has 0 bridgehead atoms. The monoisotopic (exact) mass is 369 g/mol. The van der Waals surface area contributed by atoms with Crippen LogP contribution in [0.5, 0.6) is 0 Å². The van der Waals surface area contributed by atoms with E-state index in [9.17, 15) is 0 Å². The van der Waals surface area contributed by atoms with Gasteiger partial charge in [-0.3, -0.25) is 5.43 Å². The van der Waals surface area contributed by atoms with Crippen molar-refractivity contribution < 1.29 is 0 Å². The first-order valence-electron chi connectivity index (χ1n) is 8.33. The number of nitrogens with one attached hydrogen (secondary N) is 3. The lowest BCUT2D eigenvalue weighted by Gasteiger charge is -2.09. The number of benzene rings is 3. The third kappa shape index (κ3) is 3.50. The molecule has 4 rings (SSSR count). The van der Waals surface area contributed by atoms with Crippen LogP contribution in [0.25, 0.3) is 21.7 Å². The molecular formula is C21H15N5S. The summed E-state index contributed by atoms with van der Waals surface area (Å²) in [5, 5.41) is 20.0. The minimum absolute atomic E-state index is 0.403. The first kappa shape index (κ1) is 16.8. The molecule has 0 atom stereocenters. The Hall–Kier alpha value is -3.69. The second-order valence-corrected chi connectivity index (χ2v) is 6.38. The van der Waals surface area contributed by atoms with Gasteiger partial charge in [0.2, 0.25) is 0 Å². The van der Waals surface area contributed by atoms with E-state index in [2.05, 4.69) is 39.0 Å². The normalized spacial score (nSPS) is 10.9. The summed E-state index contributed by atoms with van der Waals surface area (Å²) in [5.41, 5.74) is 6.20. The highest BCUT2D eigenvalue weighted by molar-refractivity contribution is 7.80. The Labute approximate surface area is 161 Å². The molecule has 3 aromatic carbocycles. The molecule has 1 heterocycles. The molecule has 0 saturated carbocycles. The van der Waals surface area contributed by atoms with Gasteiger partial charge in [0.15, 0.2) is 5.11 Å². The highest BCUT2D eigenvalue weighted by Gasteiger charge is 2.04. The van der Waals surface area contributed by atoms with E-state index in [0.29, 0.717) is 10.7 Å². The molecule has 0 aliphatic carbocycles. The van der Waals surface area contributed by atoms with Crippen LogP contribution < -0.4 is 10.7 Å². The van der Waals surface area contributed by atoms with E-state index < -0.39 is 0 Å². The molecule has 0 aliphatic heterocycles. The fourth-order valence-electron chi connectivity index (χ4n) is 2.96. The average molecular weight is 369 g/mol. The van der Waals surface area contributed by atoms with Crippen molar-refractivity contribution in [2.24, 2.45) is 5.10 Å². The van der Waals surface area contributed by atoms with E-state index in [4.69, 9.17) is 17.5 Å². The second-order valence-electron chi connectivity index (χ2n) is 5.97. The molecule has 0 saturated heterocycles. The zero-order valence-corrected chi connectivity index (χ0v) is 15.0. The number of fused-ring (bicyclic) bond motifs is 2. The van der Waals surface area contributed by atoms with Gasteiger partial charge in [-0.25, -0.2) is 0 Å². The zero-order chi connectivity index (χ0) is 18.6. The molecule has 27 heavy (non-hydrogen) atoms. The highest BCUT2D eigenvalue weighted by atomic mass is 32.1. The third-order valence-corrected chi connectivity index (χ3v) is 4.44. The summed E-state index contributed by atoms with van der Waals surface area (Å²) in [6.07, 6.45) is 3.52. The summed E-state index contributed by atoms with van der Waals surface area (Å²) in [4.78, 5) is 3.16. The Kier molecular flexibility index (Phi) is 4.52. The number of hydrazone groups is 1. The summed E-state index contributed by atoms with van der Waals surface area (Å²) in [7, 11) is 0. The van der Waals surface area contributed by atoms with Gasteiger partial charge in [-0.15, -0.1) is 0 Å². The van der Waals surface area contributed by atoms with Crippen molar-refractivity contribution in [2.45, 2.75) is 0 Å². The van der Waals surface area contributed by atoms with Crippen LogP contribution in [0.2, 0.25) is 0 Å². The molecule has 0 amide bonds. The Balaban J connectivity index is 1.49. The number of rotatable bonds is 3. The smallest absolute Gasteiger partial charge is 0.191 e. The van der Waals surface area contributed by atoms with Crippen LogP contribution in [-0.2, 0) is 0 Å². The fraction of sp³-hybridized carbons (Fsp3) is 0. The molecular weight excluding hydrogens is 354 g/mol. The first-order valence-corrected chi connectivity index (χ1v) is 8.74. The number of anilines is 1. The maximum absolute atomic E-state index is 9.06. The van der Waals surface area contributed by atoms with E-state index in [1.54, 1.807) is 12.3 Å². The molecule has 0 spiro atoms. The van der Waals surface area contributed by atoms with Crippen LogP contribution in [0.1, 0.15) is 11.1 Å². The van der Waals surface area contributed by atoms with Crippen molar-refractivity contribution in [3.05, 3.63) is 78.0 Å². The largest absolute Gasteiger partial charge is 0.361 e. The number of thiocarbonyl (C=S) groups is 1. The summed E-state index contributed by atoms with van der Waals surface area (Å²) in [6, 6.07) is 21.8. The standard InChI is InChI=1S/C21H15N5S/c22-11-14-8-9-19-18(10-14)16(12-23-19)13-24-26-21(27)25-20-7-3-5-15-4-1-2-6-17(15)20/h1-10,12-13,23H,(H2,25,26,27)/b24-13+. The molecule has 0 fully saturated rings. The zero-order valence-electron chi connectivity index (χ0n) is 14.2. The predicted molar refractivity (Wildman–Crippen MR) is 114 cm³/mol. The topological polar surface area (TPSA) is 76.0 Å². The summed E-state index contributed by atoms with van der Waals surface area (Å²) < 4.78 is 0. The van der Waals surface area contributed by atoms with Gasteiger partial charge in [-0.2, -0.15) is 10.4 Å². The van der Waals surface area contributed by atoms with Crippen LogP contribution >= 0.6 is 12.2 Å². The molecule has 0 unspecified atom stereocenters.